The molecule has 0 heterocycles. The number of ether oxygens (including phenoxy) is 1. The topological polar surface area (TPSA) is 38.3 Å². The first-order valence-corrected chi connectivity index (χ1v) is 7.81. The van der Waals surface area contributed by atoms with Gasteiger partial charge < -0.3 is 4.74 Å². The van der Waals surface area contributed by atoms with E-state index in [4.69, 9.17) is 16.3 Å². The number of methoxy groups -OCH3 is 1. The predicted molar refractivity (Wildman–Crippen MR) is 86.0 cm³/mol. The van der Waals surface area contributed by atoms with Gasteiger partial charge in [-0.2, -0.15) is 0 Å². The molecule has 5 heteroatoms. The molecule has 0 amide bonds. The predicted octanol–water partition coefficient (Wildman–Crippen LogP) is 4.34. The standard InChI is InChI=1S/C15H21BrClNO2/c1-9(2)7-14(15(19)20-4)18-10(3)12-6-5-11(16)8-13(12)17/h5-6,8-10,14,18H,7H2,1-4H3. The molecule has 0 aliphatic rings. The molecule has 2 unspecified atom stereocenters. The van der Waals surface area contributed by atoms with Crippen LogP contribution in [0, 0.1) is 5.92 Å². The molecule has 0 aliphatic heterocycles. The van der Waals surface area contributed by atoms with E-state index in [9.17, 15) is 4.79 Å². The molecule has 0 saturated heterocycles. The highest BCUT2D eigenvalue weighted by atomic mass is 79.9. The van der Waals surface area contributed by atoms with Crippen LogP contribution < -0.4 is 5.32 Å². The van der Waals surface area contributed by atoms with E-state index in [-0.39, 0.29) is 18.1 Å². The van der Waals surface area contributed by atoms with E-state index in [1.807, 2.05) is 25.1 Å². The number of nitrogens with one attached hydrogen (secondary N) is 1. The van der Waals surface area contributed by atoms with Crippen molar-refractivity contribution >= 4 is 33.5 Å². The summed E-state index contributed by atoms with van der Waals surface area (Å²) in [6.45, 7) is 6.15. The summed E-state index contributed by atoms with van der Waals surface area (Å²) in [5, 5.41) is 3.97. The van der Waals surface area contributed by atoms with Crippen molar-refractivity contribution in [3.05, 3.63) is 33.3 Å². The van der Waals surface area contributed by atoms with Crippen LogP contribution in [0.4, 0.5) is 0 Å². The van der Waals surface area contributed by atoms with E-state index in [0.717, 1.165) is 16.5 Å². The van der Waals surface area contributed by atoms with Crippen LogP contribution >= 0.6 is 27.5 Å². The zero-order chi connectivity index (χ0) is 15.3. The molecule has 112 valence electrons. The number of esters is 1. The summed E-state index contributed by atoms with van der Waals surface area (Å²) in [5.74, 6) is 0.165. The molecule has 0 aromatic heterocycles. The third-order valence-electron chi connectivity index (χ3n) is 3.07. The second-order valence-electron chi connectivity index (χ2n) is 5.26. The Balaban J connectivity index is 2.84. The van der Waals surface area contributed by atoms with Crippen LogP contribution in [0.25, 0.3) is 0 Å². The molecule has 0 saturated carbocycles. The van der Waals surface area contributed by atoms with Gasteiger partial charge in [0.05, 0.1) is 7.11 Å². The van der Waals surface area contributed by atoms with Gasteiger partial charge in [0.25, 0.3) is 0 Å². The number of rotatable bonds is 6. The maximum absolute atomic E-state index is 11.8. The molecular formula is C15H21BrClNO2. The summed E-state index contributed by atoms with van der Waals surface area (Å²) in [6, 6.07) is 5.39. The number of carbonyl (C=O) groups is 1. The van der Waals surface area contributed by atoms with Gasteiger partial charge in [-0.3, -0.25) is 10.1 Å². The monoisotopic (exact) mass is 361 g/mol. The Labute approximate surface area is 134 Å². The van der Waals surface area contributed by atoms with Gasteiger partial charge in [0.15, 0.2) is 0 Å². The molecule has 0 aliphatic carbocycles. The van der Waals surface area contributed by atoms with Crippen LogP contribution in [-0.4, -0.2) is 19.1 Å². The first kappa shape index (κ1) is 17.5. The molecule has 1 rings (SSSR count). The summed E-state index contributed by atoms with van der Waals surface area (Å²) >= 11 is 9.63. The molecule has 0 spiro atoms. The SMILES string of the molecule is COC(=O)C(CC(C)C)NC(C)c1ccc(Br)cc1Cl. The lowest BCUT2D eigenvalue weighted by Crippen LogP contribution is -2.40. The van der Waals surface area contributed by atoms with E-state index >= 15 is 0 Å². The third kappa shape index (κ3) is 5.08. The van der Waals surface area contributed by atoms with Crippen molar-refractivity contribution in [2.45, 2.75) is 39.3 Å². The zero-order valence-corrected chi connectivity index (χ0v) is 14.6. The Morgan fingerprint density at radius 1 is 1.40 bits per heavy atom. The number of benzene rings is 1. The van der Waals surface area contributed by atoms with Crippen molar-refractivity contribution in [3.63, 3.8) is 0 Å². The van der Waals surface area contributed by atoms with Crippen molar-refractivity contribution < 1.29 is 9.53 Å². The fourth-order valence-corrected chi connectivity index (χ4v) is 2.93. The molecule has 2 atom stereocenters. The zero-order valence-electron chi connectivity index (χ0n) is 12.2. The van der Waals surface area contributed by atoms with Crippen molar-refractivity contribution in [2.75, 3.05) is 7.11 Å². The minimum atomic E-state index is -0.324. The normalized spacial score (nSPS) is 14.2. The Morgan fingerprint density at radius 2 is 2.05 bits per heavy atom. The molecular weight excluding hydrogens is 342 g/mol. The second kappa shape index (κ2) is 8.01. The molecule has 0 fully saturated rings. The number of hydrogen-bond donors (Lipinski definition) is 1. The average Bonchev–Trinajstić information content (AvgIpc) is 2.36. The molecule has 0 bridgehead atoms. The van der Waals surface area contributed by atoms with E-state index < -0.39 is 0 Å². The van der Waals surface area contributed by atoms with Gasteiger partial charge in [-0.05, 0) is 37.0 Å². The fourth-order valence-electron chi connectivity index (χ4n) is 2.09. The van der Waals surface area contributed by atoms with Crippen molar-refractivity contribution in [3.8, 4) is 0 Å². The fraction of sp³-hybridized carbons (Fsp3) is 0.533. The van der Waals surface area contributed by atoms with Gasteiger partial charge in [-0.1, -0.05) is 47.4 Å². The van der Waals surface area contributed by atoms with Gasteiger partial charge in [0.1, 0.15) is 6.04 Å². The van der Waals surface area contributed by atoms with Gasteiger partial charge in [-0.25, -0.2) is 0 Å². The van der Waals surface area contributed by atoms with E-state index in [2.05, 4.69) is 35.1 Å². The van der Waals surface area contributed by atoms with Crippen LogP contribution in [0.3, 0.4) is 0 Å². The van der Waals surface area contributed by atoms with Crippen LogP contribution in [0.5, 0.6) is 0 Å². The van der Waals surface area contributed by atoms with Crippen LogP contribution in [0.2, 0.25) is 5.02 Å². The molecule has 1 aromatic carbocycles. The van der Waals surface area contributed by atoms with E-state index in [0.29, 0.717) is 10.9 Å². The van der Waals surface area contributed by atoms with Gasteiger partial charge in [-0.15, -0.1) is 0 Å². The Kier molecular flexibility index (Phi) is 7.00. The largest absolute Gasteiger partial charge is 0.468 e. The smallest absolute Gasteiger partial charge is 0.322 e. The first-order chi connectivity index (χ1) is 9.35. The van der Waals surface area contributed by atoms with Crippen LogP contribution in [-0.2, 0) is 9.53 Å². The highest BCUT2D eigenvalue weighted by Crippen LogP contribution is 2.27. The highest BCUT2D eigenvalue weighted by Gasteiger charge is 2.23. The lowest BCUT2D eigenvalue weighted by atomic mass is 10.0. The van der Waals surface area contributed by atoms with Crippen molar-refractivity contribution in [1.29, 1.82) is 0 Å². The number of hydrogen-bond acceptors (Lipinski definition) is 3. The molecule has 20 heavy (non-hydrogen) atoms. The summed E-state index contributed by atoms with van der Waals surface area (Å²) in [7, 11) is 1.41. The van der Waals surface area contributed by atoms with Crippen LogP contribution in [0.15, 0.2) is 22.7 Å². The van der Waals surface area contributed by atoms with E-state index in [1.54, 1.807) is 0 Å². The Hall–Kier alpha value is -0.580. The number of carbonyl (C=O) groups excluding carboxylic acids is 1. The Bertz CT molecular complexity index is 465. The Morgan fingerprint density at radius 3 is 2.55 bits per heavy atom. The van der Waals surface area contributed by atoms with E-state index in [1.165, 1.54) is 7.11 Å². The summed E-state index contributed by atoms with van der Waals surface area (Å²) in [4.78, 5) is 11.8. The lowest BCUT2D eigenvalue weighted by molar-refractivity contribution is -0.143. The lowest BCUT2D eigenvalue weighted by Gasteiger charge is -2.23. The maximum atomic E-state index is 11.8. The van der Waals surface area contributed by atoms with Crippen molar-refractivity contribution in [1.82, 2.24) is 5.32 Å². The van der Waals surface area contributed by atoms with Crippen molar-refractivity contribution in [2.24, 2.45) is 5.92 Å². The van der Waals surface area contributed by atoms with Gasteiger partial charge in [0.2, 0.25) is 0 Å². The molecule has 1 N–H and O–H groups in total. The third-order valence-corrected chi connectivity index (χ3v) is 3.89. The first-order valence-electron chi connectivity index (χ1n) is 6.64. The average molecular weight is 363 g/mol. The molecule has 0 radical (unpaired) electrons. The summed E-state index contributed by atoms with van der Waals surface area (Å²) in [5.41, 5.74) is 0.965. The second-order valence-corrected chi connectivity index (χ2v) is 6.58. The summed E-state index contributed by atoms with van der Waals surface area (Å²) < 4.78 is 5.79. The minimum Gasteiger partial charge on any atom is -0.468 e. The van der Waals surface area contributed by atoms with Crippen LogP contribution in [0.1, 0.15) is 38.8 Å². The highest BCUT2D eigenvalue weighted by molar-refractivity contribution is 9.10. The maximum Gasteiger partial charge on any atom is 0.322 e. The summed E-state index contributed by atoms with van der Waals surface area (Å²) in [6.07, 6.45) is 0.727. The number of halogens is 2. The minimum absolute atomic E-state index is 0.0292. The van der Waals surface area contributed by atoms with Gasteiger partial charge in [0, 0.05) is 15.5 Å². The van der Waals surface area contributed by atoms with Gasteiger partial charge >= 0.3 is 5.97 Å². The quantitative estimate of drug-likeness (QED) is 0.765. The molecule has 3 nitrogen and oxygen atoms in total. The molecule has 1 aromatic rings.